The van der Waals surface area contributed by atoms with E-state index in [4.69, 9.17) is 29.2 Å². The highest BCUT2D eigenvalue weighted by Gasteiger charge is 2.62. The van der Waals surface area contributed by atoms with Crippen LogP contribution in [-0.4, -0.2) is 122 Å². The smallest absolute Gasteiger partial charge is 0.222 e. The van der Waals surface area contributed by atoms with Crippen molar-refractivity contribution < 1.29 is 59.8 Å². The quantitative estimate of drug-likeness (QED) is 0.220. The summed E-state index contributed by atoms with van der Waals surface area (Å²) in [6.45, 7) is -2.61. The summed E-state index contributed by atoms with van der Waals surface area (Å²) < 4.78 is 20.2. The lowest BCUT2D eigenvalue weighted by molar-refractivity contribution is -0.357. The minimum absolute atomic E-state index is 0.638. The van der Waals surface area contributed by atoms with Crippen LogP contribution in [0.15, 0.2) is 0 Å². The summed E-state index contributed by atoms with van der Waals surface area (Å²) in [5.74, 6) is -5.21. The molecule has 2 rings (SSSR count). The first-order valence-electron chi connectivity index (χ1n) is 7.52. The van der Waals surface area contributed by atoms with Crippen molar-refractivity contribution in [3.63, 3.8) is 0 Å². The van der Waals surface area contributed by atoms with Gasteiger partial charge >= 0.3 is 0 Å². The normalized spacial score (nSPS) is 51.0. The van der Waals surface area contributed by atoms with Crippen LogP contribution in [0.2, 0.25) is 0 Å². The second kappa shape index (κ2) is 7.64. The molecule has 2 aliphatic heterocycles. The molecule has 8 N–H and O–H groups in total. The molecule has 2 heterocycles. The van der Waals surface area contributed by atoms with Crippen LogP contribution < -0.4 is 0 Å². The third-order valence-electron chi connectivity index (χ3n) is 4.35. The van der Waals surface area contributed by atoms with Gasteiger partial charge in [-0.05, 0) is 0 Å². The zero-order valence-electron chi connectivity index (χ0n) is 13.4. The maximum atomic E-state index is 10.2. The average Bonchev–Trinajstić information content (AvgIpc) is 2.77. The Labute approximate surface area is 142 Å². The van der Waals surface area contributed by atoms with E-state index in [-0.39, 0.29) is 0 Å². The lowest BCUT2D eigenvalue weighted by Gasteiger charge is -2.42. The monoisotopic (exact) mass is 372 g/mol. The molecule has 0 aromatic carbocycles. The van der Waals surface area contributed by atoms with Crippen LogP contribution >= 0.6 is 0 Å². The molecule has 12 heteroatoms. The molecule has 2 saturated heterocycles. The van der Waals surface area contributed by atoms with E-state index in [0.29, 0.717) is 0 Å². The molecule has 2 aliphatic rings. The summed E-state index contributed by atoms with van der Waals surface area (Å²) in [6, 6.07) is 0. The Hall–Kier alpha value is -0.480. The van der Waals surface area contributed by atoms with Gasteiger partial charge in [-0.2, -0.15) is 0 Å². The molecule has 0 aliphatic carbocycles. The molecule has 0 bridgehead atoms. The lowest BCUT2D eigenvalue weighted by atomic mass is 9.99. The van der Waals surface area contributed by atoms with E-state index >= 15 is 0 Å². The van der Waals surface area contributed by atoms with Gasteiger partial charge in [-0.15, -0.1) is 0 Å². The molecule has 25 heavy (non-hydrogen) atoms. The fourth-order valence-electron chi connectivity index (χ4n) is 2.80. The van der Waals surface area contributed by atoms with Crippen LogP contribution in [0.1, 0.15) is 0 Å². The fourth-order valence-corrected chi connectivity index (χ4v) is 2.80. The van der Waals surface area contributed by atoms with Crippen LogP contribution in [-0.2, 0) is 18.9 Å². The SMILES string of the molecule is CO[C@H]1[C@@H](OC[C@@]2(O)O[C@](O)(CO)[C@@H](O)[C@@H]2O)O[C@H](CO)[C@@H](O)[C@@H]1O. The van der Waals surface area contributed by atoms with Crippen molar-refractivity contribution in [2.75, 3.05) is 26.9 Å². The summed E-state index contributed by atoms with van der Waals surface area (Å²) in [4.78, 5) is 0. The minimum Gasteiger partial charge on any atom is -0.394 e. The van der Waals surface area contributed by atoms with Crippen molar-refractivity contribution >= 4 is 0 Å². The molecule has 0 unspecified atom stereocenters. The summed E-state index contributed by atoms with van der Waals surface area (Å²) in [5.41, 5.74) is 0. The van der Waals surface area contributed by atoms with E-state index in [1.807, 2.05) is 0 Å². The molecular formula is C13H24O12. The summed E-state index contributed by atoms with van der Waals surface area (Å²) in [6.07, 6.45) is -10.8. The van der Waals surface area contributed by atoms with Crippen molar-refractivity contribution in [3.05, 3.63) is 0 Å². The zero-order chi connectivity index (χ0) is 19.0. The first-order chi connectivity index (χ1) is 11.6. The first kappa shape index (κ1) is 20.8. The number of hydrogen-bond donors (Lipinski definition) is 8. The summed E-state index contributed by atoms with van der Waals surface area (Å²) >= 11 is 0. The van der Waals surface area contributed by atoms with Crippen molar-refractivity contribution in [2.24, 2.45) is 0 Å². The first-order valence-corrected chi connectivity index (χ1v) is 7.52. The average molecular weight is 372 g/mol. The van der Waals surface area contributed by atoms with E-state index in [1.165, 1.54) is 7.11 Å². The maximum Gasteiger partial charge on any atom is 0.222 e. The highest BCUT2D eigenvalue weighted by molar-refractivity contribution is 5.00. The number of hydrogen-bond acceptors (Lipinski definition) is 12. The molecular weight excluding hydrogens is 348 g/mol. The van der Waals surface area contributed by atoms with Crippen LogP contribution in [0.4, 0.5) is 0 Å². The highest BCUT2D eigenvalue weighted by atomic mass is 16.8. The van der Waals surface area contributed by atoms with Gasteiger partial charge in [-0.3, -0.25) is 0 Å². The summed E-state index contributed by atoms with van der Waals surface area (Å²) in [7, 11) is 1.20. The van der Waals surface area contributed by atoms with E-state index in [1.54, 1.807) is 0 Å². The van der Waals surface area contributed by atoms with Crippen molar-refractivity contribution in [3.8, 4) is 0 Å². The summed E-state index contributed by atoms with van der Waals surface area (Å²) in [5, 5.41) is 77.6. The Morgan fingerprint density at radius 1 is 0.960 bits per heavy atom. The number of aliphatic hydroxyl groups excluding tert-OH is 6. The lowest BCUT2D eigenvalue weighted by Crippen LogP contribution is -2.60. The van der Waals surface area contributed by atoms with E-state index in [2.05, 4.69) is 0 Å². The Bertz CT molecular complexity index is 451. The number of rotatable bonds is 6. The molecule has 0 aromatic heterocycles. The van der Waals surface area contributed by atoms with Crippen molar-refractivity contribution in [2.45, 2.75) is 54.5 Å². The Kier molecular flexibility index (Phi) is 6.36. The maximum absolute atomic E-state index is 10.2. The second-order valence-electron chi connectivity index (χ2n) is 6.06. The van der Waals surface area contributed by atoms with Gasteiger partial charge in [0.05, 0.1) is 13.2 Å². The van der Waals surface area contributed by atoms with Crippen LogP contribution in [0.5, 0.6) is 0 Å². The van der Waals surface area contributed by atoms with E-state index in [9.17, 15) is 30.6 Å². The molecule has 0 spiro atoms. The minimum atomic E-state index is -2.60. The highest BCUT2D eigenvalue weighted by Crippen LogP contribution is 2.36. The second-order valence-corrected chi connectivity index (χ2v) is 6.06. The van der Waals surface area contributed by atoms with Crippen molar-refractivity contribution in [1.82, 2.24) is 0 Å². The fraction of sp³-hybridized carbons (Fsp3) is 1.00. The van der Waals surface area contributed by atoms with Gasteiger partial charge in [-0.1, -0.05) is 0 Å². The van der Waals surface area contributed by atoms with Gasteiger partial charge in [0, 0.05) is 7.11 Å². The molecule has 9 atom stereocenters. The Morgan fingerprint density at radius 3 is 2.04 bits per heavy atom. The van der Waals surface area contributed by atoms with Crippen molar-refractivity contribution in [1.29, 1.82) is 0 Å². The number of ether oxygens (including phenoxy) is 4. The standard InChI is InChI=1S/C13H24O12/c1-22-8-7(17)6(16)5(2-14)24-11(8)23-4-13(21)10(19)9(18)12(20,3-15)25-13/h5-11,14-21H,2-4H2,1H3/t5-,6-,7+,8-,9+,10+,11+,12-,13-/m1/s1. The molecule has 0 aromatic rings. The molecule has 0 saturated carbocycles. The molecule has 148 valence electrons. The predicted octanol–water partition coefficient (Wildman–Crippen LogP) is -5.42. The van der Waals surface area contributed by atoms with Crippen LogP contribution in [0, 0.1) is 0 Å². The molecule has 0 amide bonds. The van der Waals surface area contributed by atoms with Gasteiger partial charge in [0.2, 0.25) is 11.6 Å². The third-order valence-corrected chi connectivity index (χ3v) is 4.35. The van der Waals surface area contributed by atoms with Crippen LogP contribution in [0.25, 0.3) is 0 Å². The molecule has 0 radical (unpaired) electrons. The number of methoxy groups -OCH3 is 1. The molecule has 2 fully saturated rings. The molecule has 12 nitrogen and oxygen atoms in total. The largest absolute Gasteiger partial charge is 0.394 e. The van der Waals surface area contributed by atoms with E-state index < -0.39 is 74.3 Å². The Balaban J connectivity index is 2.08. The van der Waals surface area contributed by atoms with Gasteiger partial charge in [0.25, 0.3) is 0 Å². The topological polar surface area (TPSA) is 199 Å². The van der Waals surface area contributed by atoms with Gasteiger partial charge < -0.3 is 59.8 Å². The van der Waals surface area contributed by atoms with Gasteiger partial charge in [-0.25, -0.2) is 0 Å². The van der Waals surface area contributed by atoms with Crippen LogP contribution in [0.3, 0.4) is 0 Å². The van der Waals surface area contributed by atoms with E-state index in [0.717, 1.165) is 0 Å². The number of aliphatic hydroxyl groups is 8. The predicted molar refractivity (Wildman–Crippen MR) is 74.6 cm³/mol. The van der Waals surface area contributed by atoms with Gasteiger partial charge in [0.15, 0.2) is 6.29 Å². The zero-order valence-corrected chi connectivity index (χ0v) is 13.4. The third kappa shape index (κ3) is 3.66. The Morgan fingerprint density at radius 2 is 1.56 bits per heavy atom. The van der Waals surface area contributed by atoms with Gasteiger partial charge in [0.1, 0.15) is 43.2 Å².